The van der Waals surface area contributed by atoms with E-state index in [0.717, 1.165) is 6.42 Å². The largest absolute Gasteiger partial charge is 0.362 e. The molecule has 0 aromatic heterocycles. The van der Waals surface area contributed by atoms with Crippen molar-refractivity contribution < 1.29 is 4.74 Å². The fourth-order valence-corrected chi connectivity index (χ4v) is 9.93. The monoisotopic (exact) mass is 350 g/mol. The Morgan fingerprint density at radius 3 is 2.08 bits per heavy atom. The van der Waals surface area contributed by atoms with Crippen LogP contribution in [0.4, 0.5) is 0 Å². The van der Waals surface area contributed by atoms with E-state index in [4.69, 9.17) is 4.74 Å². The lowest BCUT2D eigenvalue weighted by molar-refractivity contribution is -0.0253. The van der Waals surface area contributed by atoms with Crippen molar-refractivity contribution in [3.8, 4) is 11.5 Å². The summed E-state index contributed by atoms with van der Waals surface area (Å²) in [4.78, 5) is 0. The average molecular weight is 351 g/mol. The van der Waals surface area contributed by atoms with Crippen molar-refractivity contribution in [2.45, 2.75) is 129 Å². The molecule has 1 aliphatic rings. The van der Waals surface area contributed by atoms with Gasteiger partial charge in [0.25, 0.3) is 0 Å². The summed E-state index contributed by atoms with van der Waals surface area (Å²) in [5.74, 6) is 3.63. The molecule has 0 aromatic rings. The van der Waals surface area contributed by atoms with E-state index in [2.05, 4.69) is 59.9 Å². The van der Waals surface area contributed by atoms with Crippen molar-refractivity contribution >= 4 is 8.07 Å². The molecule has 1 nitrogen and oxygen atoms in total. The van der Waals surface area contributed by atoms with Crippen molar-refractivity contribution in [1.82, 2.24) is 0 Å². The van der Waals surface area contributed by atoms with Crippen molar-refractivity contribution in [2.75, 3.05) is 0 Å². The second kappa shape index (κ2) is 10.7. The minimum absolute atomic E-state index is 0.193. The zero-order valence-electron chi connectivity index (χ0n) is 17.5. The number of ether oxygens (including phenoxy) is 1. The number of rotatable bonds is 8. The summed E-state index contributed by atoms with van der Waals surface area (Å²) in [6.45, 7) is 16.6. The van der Waals surface area contributed by atoms with E-state index in [1.165, 1.54) is 44.9 Å². The summed E-state index contributed by atoms with van der Waals surface area (Å²) in [6.07, 6.45) is 10.9. The fourth-order valence-electron chi connectivity index (χ4n) is 4.66. The Kier molecular flexibility index (Phi) is 9.68. The van der Waals surface area contributed by atoms with Crippen molar-refractivity contribution in [1.29, 1.82) is 0 Å². The molecule has 0 aromatic carbocycles. The minimum atomic E-state index is -1.61. The second-order valence-electron chi connectivity index (χ2n) is 8.69. The van der Waals surface area contributed by atoms with Gasteiger partial charge < -0.3 is 4.74 Å². The Bertz CT molecular complexity index is 380. The fraction of sp³-hybridized carbons (Fsp3) is 0.909. The molecule has 140 valence electrons. The normalized spacial score (nSPS) is 22.1. The molecule has 2 atom stereocenters. The van der Waals surface area contributed by atoms with E-state index >= 15 is 0 Å². The third kappa shape index (κ3) is 5.92. The third-order valence-electron chi connectivity index (χ3n) is 6.04. The molecule has 1 fully saturated rings. The van der Waals surface area contributed by atoms with E-state index in [-0.39, 0.29) is 6.10 Å². The van der Waals surface area contributed by atoms with E-state index in [0.29, 0.717) is 22.7 Å². The van der Waals surface area contributed by atoms with Crippen LogP contribution < -0.4 is 0 Å². The molecule has 0 bridgehead atoms. The van der Waals surface area contributed by atoms with E-state index in [9.17, 15) is 0 Å². The zero-order chi connectivity index (χ0) is 18.2. The highest BCUT2D eigenvalue weighted by atomic mass is 28.3. The number of unbranched alkanes of at least 4 members (excludes halogenated alkanes) is 3. The van der Waals surface area contributed by atoms with Gasteiger partial charge in [0.15, 0.2) is 0 Å². The summed E-state index contributed by atoms with van der Waals surface area (Å²) < 4.78 is 6.35. The Labute approximate surface area is 153 Å². The van der Waals surface area contributed by atoms with E-state index in [1.54, 1.807) is 0 Å². The molecule has 0 N–H and O–H groups in total. The molecule has 24 heavy (non-hydrogen) atoms. The number of hydrogen-bond donors (Lipinski definition) is 0. The topological polar surface area (TPSA) is 9.23 Å². The van der Waals surface area contributed by atoms with Crippen LogP contribution in [0.2, 0.25) is 16.6 Å². The van der Waals surface area contributed by atoms with Crippen LogP contribution in [0, 0.1) is 11.5 Å². The molecule has 1 saturated heterocycles. The van der Waals surface area contributed by atoms with Gasteiger partial charge in [0, 0.05) is 0 Å². The molecular weight excluding hydrogens is 308 g/mol. The highest BCUT2D eigenvalue weighted by molar-refractivity contribution is 6.90. The van der Waals surface area contributed by atoms with Crippen LogP contribution in [0.25, 0.3) is 0 Å². The molecule has 0 saturated carbocycles. The smallest absolute Gasteiger partial charge is 0.146 e. The van der Waals surface area contributed by atoms with Crippen LogP contribution in [-0.2, 0) is 4.74 Å². The summed E-state index contributed by atoms with van der Waals surface area (Å²) in [5.41, 5.74) is 5.98. The van der Waals surface area contributed by atoms with Crippen LogP contribution in [0.5, 0.6) is 0 Å². The first-order valence-electron chi connectivity index (χ1n) is 10.5. The maximum Gasteiger partial charge on any atom is 0.146 e. The Balaban J connectivity index is 2.71. The lowest BCUT2D eigenvalue weighted by Crippen LogP contribution is -2.43. The van der Waals surface area contributed by atoms with Crippen LogP contribution in [0.15, 0.2) is 0 Å². The predicted molar refractivity (Wildman–Crippen MR) is 110 cm³/mol. The number of hydrogen-bond acceptors (Lipinski definition) is 1. The summed E-state index contributed by atoms with van der Waals surface area (Å²) in [5, 5.41) is 0. The quantitative estimate of drug-likeness (QED) is 0.257. The zero-order valence-corrected chi connectivity index (χ0v) is 18.5. The van der Waals surface area contributed by atoms with Gasteiger partial charge in [-0.15, -0.1) is 5.54 Å². The van der Waals surface area contributed by atoms with Crippen LogP contribution in [0.3, 0.4) is 0 Å². The van der Waals surface area contributed by atoms with Gasteiger partial charge in [-0.1, -0.05) is 80.1 Å². The van der Waals surface area contributed by atoms with Crippen LogP contribution in [0.1, 0.15) is 99.8 Å². The lowest BCUT2D eigenvalue weighted by Gasteiger charge is -2.38. The predicted octanol–water partition coefficient (Wildman–Crippen LogP) is 7.12. The van der Waals surface area contributed by atoms with Crippen molar-refractivity contribution in [3.05, 3.63) is 0 Å². The first kappa shape index (κ1) is 21.8. The van der Waals surface area contributed by atoms with Gasteiger partial charge in [0.2, 0.25) is 0 Å². The van der Waals surface area contributed by atoms with Crippen molar-refractivity contribution in [2.24, 2.45) is 0 Å². The van der Waals surface area contributed by atoms with E-state index < -0.39 is 8.07 Å². The van der Waals surface area contributed by atoms with Gasteiger partial charge in [-0.25, -0.2) is 0 Å². The first-order chi connectivity index (χ1) is 11.3. The average Bonchev–Trinajstić information content (AvgIpc) is 2.51. The molecular formula is C22H42OSi. The van der Waals surface area contributed by atoms with Gasteiger partial charge in [-0.3, -0.25) is 0 Å². The molecule has 0 spiro atoms. The molecule has 0 unspecified atom stereocenters. The van der Waals surface area contributed by atoms with Crippen LogP contribution >= 0.6 is 0 Å². The Morgan fingerprint density at radius 1 is 0.917 bits per heavy atom. The molecule has 0 amide bonds. The summed E-state index contributed by atoms with van der Waals surface area (Å²) in [6, 6.07) is 0. The van der Waals surface area contributed by atoms with Gasteiger partial charge >= 0.3 is 0 Å². The second-order valence-corrected chi connectivity index (χ2v) is 14.3. The summed E-state index contributed by atoms with van der Waals surface area (Å²) >= 11 is 0. The molecule has 1 rings (SSSR count). The summed E-state index contributed by atoms with van der Waals surface area (Å²) in [7, 11) is -1.61. The maximum atomic E-state index is 6.35. The molecule has 0 aliphatic carbocycles. The lowest BCUT2D eigenvalue weighted by atomic mass is 10.00. The SMILES string of the molecule is CCCCCC[C@@H]1CCC[C@@H](C#C[Si](C(C)C)(C(C)C)C(C)C)O1. The minimum Gasteiger partial charge on any atom is -0.362 e. The third-order valence-corrected chi connectivity index (χ3v) is 12.4. The molecule has 1 heterocycles. The van der Waals surface area contributed by atoms with Gasteiger partial charge in [-0.05, 0) is 42.3 Å². The van der Waals surface area contributed by atoms with Crippen LogP contribution in [-0.4, -0.2) is 20.3 Å². The van der Waals surface area contributed by atoms with Crippen molar-refractivity contribution in [3.63, 3.8) is 0 Å². The molecule has 1 aliphatic heterocycles. The molecule has 2 heteroatoms. The van der Waals surface area contributed by atoms with E-state index in [1.807, 2.05) is 0 Å². The highest BCUT2D eigenvalue weighted by Crippen LogP contribution is 2.40. The maximum absolute atomic E-state index is 6.35. The van der Waals surface area contributed by atoms with Gasteiger partial charge in [0.05, 0.1) is 6.10 Å². The van der Waals surface area contributed by atoms with Gasteiger partial charge in [0.1, 0.15) is 14.2 Å². The standard InChI is InChI=1S/C22H42OSi/c1-8-9-10-11-13-21-14-12-15-22(23-21)16-17-24(18(2)3,19(4)5)20(6)7/h18-22H,8-15H2,1-7H3/t21-,22+/m1/s1. The first-order valence-corrected chi connectivity index (χ1v) is 12.8. The Hall–Kier alpha value is -0.263. The molecule has 0 radical (unpaired) electrons. The van der Waals surface area contributed by atoms with Gasteiger partial charge in [-0.2, -0.15) is 0 Å². The Morgan fingerprint density at radius 2 is 1.54 bits per heavy atom. The highest BCUT2D eigenvalue weighted by Gasteiger charge is 2.41.